The number of benzene rings is 2. The highest BCUT2D eigenvalue weighted by Gasteiger charge is 2.30. The van der Waals surface area contributed by atoms with Crippen LogP contribution >= 0.6 is 11.6 Å². The highest BCUT2D eigenvalue weighted by Crippen LogP contribution is 2.24. The summed E-state index contributed by atoms with van der Waals surface area (Å²) in [6, 6.07) is 13.6. The van der Waals surface area contributed by atoms with Gasteiger partial charge in [-0.3, -0.25) is 13.9 Å². The number of methoxy groups -OCH3 is 1. The lowest BCUT2D eigenvalue weighted by atomic mass is 9.95. The monoisotopic (exact) mass is 577 g/mol. The minimum Gasteiger partial charge on any atom is -0.497 e. The van der Waals surface area contributed by atoms with E-state index in [1.54, 1.807) is 41.3 Å². The third-order valence-corrected chi connectivity index (χ3v) is 8.54. The van der Waals surface area contributed by atoms with Crippen LogP contribution in [0.5, 0.6) is 5.75 Å². The second kappa shape index (κ2) is 14.6. The maximum absolute atomic E-state index is 13.6. The smallest absolute Gasteiger partial charge is 0.243 e. The third kappa shape index (κ3) is 9.14. The fourth-order valence-corrected chi connectivity index (χ4v) is 6.10. The Bertz CT molecular complexity index is 1200. The van der Waals surface area contributed by atoms with Crippen molar-refractivity contribution >= 4 is 39.1 Å². The summed E-state index contributed by atoms with van der Waals surface area (Å²) in [7, 11) is -2.07. The summed E-state index contributed by atoms with van der Waals surface area (Å²) in [5, 5.41) is 3.77. The highest BCUT2D eigenvalue weighted by molar-refractivity contribution is 7.92. The van der Waals surface area contributed by atoms with Crippen molar-refractivity contribution in [3.05, 3.63) is 59.1 Å². The van der Waals surface area contributed by atoms with Gasteiger partial charge in [0.1, 0.15) is 11.8 Å². The van der Waals surface area contributed by atoms with E-state index in [9.17, 15) is 18.0 Å². The molecule has 0 unspecified atom stereocenters. The summed E-state index contributed by atoms with van der Waals surface area (Å²) >= 11 is 6.06. The molecule has 1 aliphatic carbocycles. The van der Waals surface area contributed by atoms with Gasteiger partial charge in [-0.15, -0.1) is 0 Å². The summed E-state index contributed by atoms with van der Waals surface area (Å²) < 4.78 is 31.7. The van der Waals surface area contributed by atoms with Crippen LogP contribution in [0.1, 0.15) is 63.9 Å². The Labute approximate surface area is 237 Å². The Hall–Kier alpha value is -2.78. The van der Waals surface area contributed by atoms with Gasteiger partial charge in [0.15, 0.2) is 0 Å². The van der Waals surface area contributed by atoms with Gasteiger partial charge < -0.3 is 15.0 Å². The molecule has 0 spiro atoms. The van der Waals surface area contributed by atoms with E-state index in [0.29, 0.717) is 29.3 Å². The molecule has 0 radical (unpaired) electrons. The largest absolute Gasteiger partial charge is 0.497 e. The quantitative estimate of drug-likeness (QED) is 0.355. The van der Waals surface area contributed by atoms with Gasteiger partial charge in [0.05, 0.1) is 19.1 Å². The second-order valence-electron chi connectivity index (χ2n) is 10.1. The first kappa shape index (κ1) is 30.8. The predicted molar refractivity (Wildman–Crippen MR) is 156 cm³/mol. The molecular formula is C29H40ClN3O5S. The zero-order valence-corrected chi connectivity index (χ0v) is 24.6. The van der Waals surface area contributed by atoms with Gasteiger partial charge >= 0.3 is 0 Å². The molecule has 1 saturated carbocycles. The van der Waals surface area contributed by atoms with E-state index in [4.69, 9.17) is 16.3 Å². The first-order valence-corrected chi connectivity index (χ1v) is 15.8. The maximum Gasteiger partial charge on any atom is 0.243 e. The van der Waals surface area contributed by atoms with Crippen LogP contribution in [0.15, 0.2) is 48.5 Å². The molecule has 214 valence electrons. The fraction of sp³-hybridized carbons (Fsp3) is 0.517. The normalized spacial score (nSPS) is 14.9. The molecule has 1 atom stereocenters. The second-order valence-corrected chi connectivity index (χ2v) is 12.4. The maximum atomic E-state index is 13.6. The number of nitrogens with one attached hydrogen (secondary N) is 1. The van der Waals surface area contributed by atoms with Gasteiger partial charge in [0, 0.05) is 36.6 Å². The van der Waals surface area contributed by atoms with Crippen LogP contribution in [0, 0.1) is 0 Å². The van der Waals surface area contributed by atoms with Gasteiger partial charge in [0.2, 0.25) is 21.8 Å². The molecule has 0 saturated heterocycles. The average molecular weight is 578 g/mol. The van der Waals surface area contributed by atoms with Crippen LogP contribution in [0.25, 0.3) is 0 Å². The molecule has 1 aliphatic rings. The number of sulfonamides is 1. The van der Waals surface area contributed by atoms with Crippen LogP contribution < -0.4 is 14.4 Å². The van der Waals surface area contributed by atoms with Crippen LogP contribution in [0.4, 0.5) is 5.69 Å². The third-order valence-electron chi connectivity index (χ3n) is 7.10. The Morgan fingerprint density at radius 2 is 1.79 bits per heavy atom. The first-order chi connectivity index (χ1) is 18.6. The lowest BCUT2D eigenvalue weighted by Gasteiger charge is -2.33. The Balaban J connectivity index is 1.75. The van der Waals surface area contributed by atoms with E-state index in [1.165, 1.54) is 17.8 Å². The standard InChI is InChI=1S/C29H40ClN3O5S/c1-4-27(29(35)31-24-10-6-5-7-11-24)32(21-22-15-17-23(30)18-16-22)28(34)14-9-19-33(39(3,36)37)25-12-8-13-26(20-25)38-2/h8,12-13,15-18,20,24,27H,4-7,9-11,14,19,21H2,1-3H3,(H,31,35)/t27-/m0/s1. The molecule has 8 nitrogen and oxygen atoms in total. The van der Waals surface area contributed by atoms with Gasteiger partial charge in [-0.2, -0.15) is 0 Å². The zero-order valence-electron chi connectivity index (χ0n) is 23.1. The van der Waals surface area contributed by atoms with Crippen molar-refractivity contribution in [1.29, 1.82) is 0 Å². The van der Waals surface area contributed by atoms with E-state index in [-0.39, 0.29) is 37.4 Å². The van der Waals surface area contributed by atoms with Crippen molar-refractivity contribution in [2.75, 3.05) is 24.2 Å². The summed E-state index contributed by atoms with van der Waals surface area (Å²) in [4.78, 5) is 28.6. The fourth-order valence-electron chi connectivity index (χ4n) is 5.02. The summed E-state index contributed by atoms with van der Waals surface area (Å²) in [6.45, 7) is 2.29. The van der Waals surface area contributed by atoms with E-state index in [0.717, 1.165) is 37.5 Å². The average Bonchev–Trinajstić information content (AvgIpc) is 2.91. The molecule has 39 heavy (non-hydrogen) atoms. The number of carbonyl (C=O) groups excluding carboxylic acids is 2. The summed E-state index contributed by atoms with van der Waals surface area (Å²) in [6.07, 6.45) is 7.29. The van der Waals surface area contributed by atoms with E-state index >= 15 is 0 Å². The number of nitrogens with zero attached hydrogens (tertiary/aromatic N) is 2. The Morgan fingerprint density at radius 1 is 1.10 bits per heavy atom. The number of hydrogen-bond donors (Lipinski definition) is 1. The molecule has 0 heterocycles. The van der Waals surface area contributed by atoms with Crippen molar-refractivity contribution in [2.45, 2.75) is 76.9 Å². The molecule has 2 aromatic rings. The van der Waals surface area contributed by atoms with Crippen molar-refractivity contribution in [3.63, 3.8) is 0 Å². The number of anilines is 1. The van der Waals surface area contributed by atoms with Crippen LogP contribution in [-0.4, -0.2) is 57.1 Å². The van der Waals surface area contributed by atoms with E-state index in [2.05, 4.69) is 5.32 Å². The van der Waals surface area contributed by atoms with Crippen LogP contribution in [0.3, 0.4) is 0 Å². The number of hydrogen-bond acceptors (Lipinski definition) is 5. The molecule has 0 bridgehead atoms. The molecule has 0 aliphatic heterocycles. The lowest BCUT2D eigenvalue weighted by Crippen LogP contribution is -2.51. The van der Waals surface area contributed by atoms with Gasteiger partial charge in [0.25, 0.3) is 0 Å². The molecule has 2 aromatic carbocycles. The molecule has 0 aromatic heterocycles. The number of amides is 2. The number of rotatable bonds is 13. The predicted octanol–water partition coefficient (Wildman–Crippen LogP) is 5.15. The van der Waals surface area contributed by atoms with Crippen LogP contribution in [-0.2, 0) is 26.2 Å². The molecule has 3 rings (SSSR count). The minimum atomic E-state index is -3.59. The Kier molecular flexibility index (Phi) is 11.5. The number of carbonyl (C=O) groups is 2. The Morgan fingerprint density at radius 3 is 2.41 bits per heavy atom. The van der Waals surface area contributed by atoms with Crippen molar-refractivity contribution in [1.82, 2.24) is 10.2 Å². The highest BCUT2D eigenvalue weighted by atomic mass is 35.5. The van der Waals surface area contributed by atoms with Gasteiger partial charge in [-0.1, -0.05) is 56.0 Å². The van der Waals surface area contributed by atoms with Gasteiger partial charge in [-0.05, 0) is 55.5 Å². The molecule has 2 amide bonds. The number of halogens is 1. The van der Waals surface area contributed by atoms with E-state index < -0.39 is 16.1 Å². The van der Waals surface area contributed by atoms with Crippen LogP contribution in [0.2, 0.25) is 5.02 Å². The zero-order chi connectivity index (χ0) is 28.4. The molecular weight excluding hydrogens is 538 g/mol. The molecule has 10 heteroatoms. The number of ether oxygens (including phenoxy) is 1. The molecule has 1 fully saturated rings. The lowest BCUT2D eigenvalue weighted by molar-refractivity contribution is -0.141. The van der Waals surface area contributed by atoms with Crippen molar-refractivity contribution in [2.24, 2.45) is 0 Å². The SMILES string of the molecule is CC[C@@H](C(=O)NC1CCCCC1)N(Cc1ccc(Cl)cc1)C(=O)CCCN(c1cccc(OC)c1)S(C)(=O)=O. The first-order valence-electron chi connectivity index (χ1n) is 13.6. The summed E-state index contributed by atoms with van der Waals surface area (Å²) in [5.41, 5.74) is 1.34. The van der Waals surface area contributed by atoms with Crippen molar-refractivity contribution in [3.8, 4) is 5.75 Å². The van der Waals surface area contributed by atoms with Crippen molar-refractivity contribution < 1.29 is 22.7 Å². The molecule has 1 N–H and O–H groups in total. The van der Waals surface area contributed by atoms with Gasteiger partial charge in [-0.25, -0.2) is 8.42 Å². The van der Waals surface area contributed by atoms with E-state index in [1.807, 2.05) is 19.1 Å². The topological polar surface area (TPSA) is 96.0 Å². The summed E-state index contributed by atoms with van der Waals surface area (Å²) in [5.74, 6) is 0.205. The minimum absolute atomic E-state index is 0.0940.